The molecule has 0 unspecified atom stereocenters. The van der Waals surface area contributed by atoms with E-state index in [4.69, 9.17) is 0 Å². The Kier molecular flexibility index (Phi) is 4.21. The van der Waals surface area contributed by atoms with Crippen LogP contribution in [0.5, 0.6) is 0 Å². The van der Waals surface area contributed by atoms with Gasteiger partial charge in [0.1, 0.15) is 0 Å². The molecule has 2 rings (SSSR count). The van der Waals surface area contributed by atoms with Crippen molar-refractivity contribution in [3.05, 3.63) is 53.9 Å². The number of nitrogens with one attached hydrogen (secondary N) is 2. The molecule has 106 valence electrons. The lowest BCUT2D eigenvalue weighted by atomic mass is 10.2. The van der Waals surface area contributed by atoms with Crippen molar-refractivity contribution in [3.63, 3.8) is 0 Å². The minimum Gasteiger partial charge on any atom is -0.465 e. The number of rotatable bonds is 5. The molecule has 0 fully saturated rings. The third kappa shape index (κ3) is 3.25. The molecule has 6 nitrogen and oxygen atoms in total. The quantitative estimate of drug-likeness (QED) is 0.813. The zero-order chi connectivity index (χ0) is 14.6. The summed E-state index contributed by atoms with van der Waals surface area (Å²) in [7, 11) is -2.43. The normalized spacial score (nSPS) is 11.2. The standard InChI is InChI=1S/C13H14N2O4S/c1-19-13(16)11-3-2-4-12(7-11)20(17,18)15-9-10-5-6-14-8-10/h2-8,14-15H,9H2,1H3. The molecule has 1 heterocycles. The molecule has 0 spiro atoms. The van der Waals surface area contributed by atoms with Crippen molar-refractivity contribution in [2.45, 2.75) is 11.4 Å². The van der Waals surface area contributed by atoms with Gasteiger partial charge >= 0.3 is 5.97 Å². The number of H-pyrrole nitrogens is 1. The van der Waals surface area contributed by atoms with Crippen LogP contribution in [0.15, 0.2) is 47.6 Å². The topological polar surface area (TPSA) is 88.3 Å². The van der Waals surface area contributed by atoms with Gasteiger partial charge in [0.15, 0.2) is 0 Å². The van der Waals surface area contributed by atoms with E-state index in [0.717, 1.165) is 5.56 Å². The van der Waals surface area contributed by atoms with Crippen LogP contribution in [-0.4, -0.2) is 26.5 Å². The second-order valence-corrected chi connectivity index (χ2v) is 5.83. The van der Waals surface area contributed by atoms with Crippen molar-refractivity contribution in [1.82, 2.24) is 9.71 Å². The molecule has 0 saturated carbocycles. The molecule has 7 heteroatoms. The van der Waals surface area contributed by atoms with Crippen LogP contribution < -0.4 is 4.72 Å². The fraction of sp³-hybridized carbons (Fsp3) is 0.154. The molecule has 0 aliphatic carbocycles. The lowest BCUT2D eigenvalue weighted by Gasteiger charge is -2.07. The van der Waals surface area contributed by atoms with Gasteiger partial charge in [0, 0.05) is 18.9 Å². The summed E-state index contributed by atoms with van der Waals surface area (Å²) in [5, 5.41) is 0. The Balaban J connectivity index is 2.18. The number of sulfonamides is 1. The number of ether oxygens (including phenoxy) is 1. The molecule has 0 amide bonds. The highest BCUT2D eigenvalue weighted by molar-refractivity contribution is 7.89. The van der Waals surface area contributed by atoms with Crippen molar-refractivity contribution in [1.29, 1.82) is 0 Å². The molecule has 0 aliphatic rings. The van der Waals surface area contributed by atoms with E-state index in [1.54, 1.807) is 18.5 Å². The lowest BCUT2D eigenvalue weighted by Crippen LogP contribution is -2.23. The SMILES string of the molecule is COC(=O)c1cccc(S(=O)(=O)NCc2cc[nH]c2)c1. The highest BCUT2D eigenvalue weighted by Gasteiger charge is 2.16. The maximum Gasteiger partial charge on any atom is 0.337 e. The summed E-state index contributed by atoms with van der Waals surface area (Å²) in [6.07, 6.45) is 3.41. The van der Waals surface area contributed by atoms with E-state index in [1.807, 2.05) is 0 Å². The van der Waals surface area contributed by atoms with Gasteiger partial charge in [-0.25, -0.2) is 17.9 Å². The zero-order valence-corrected chi connectivity index (χ0v) is 11.6. The van der Waals surface area contributed by atoms with Crippen LogP contribution in [0.3, 0.4) is 0 Å². The molecule has 2 aromatic rings. The first-order chi connectivity index (χ1) is 9.53. The number of aromatic nitrogens is 1. The Hall–Kier alpha value is -2.12. The Labute approximate surface area is 116 Å². The van der Waals surface area contributed by atoms with Gasteiger partial charge in [0.25, 0.3) is 0 Å². The minimum atomic E-state index is -3.67. The predicted octanol–water partition coefficient (Wildman–Crippen LogP) is 1.28. The molecule has 1 aromatic heterocycles. The van der Waals surface area contributed by atoms with Crippen LogP contribution in [0, 0.1) is 0 Å². The van der Waals surface area contributed by atoms with Gasteiger partial charge in [0.05, 0.1) is 17.6 Å². The van der Waals surface area contributed by atoms with Gasteiger partial charge in [-0.15, -0.1) is 0 Å². The molecule has 2 N–H and O–H groups in total. The summed E-state index contributed by atoms with van der Waals surface area (Å²) in [5.74, 6) is -0.576. The van der Waals surface area contributed by atoms with Gasteiger partial charge in [-0.3, -0.25) is 0 Å². The highest BCUT2D eigenvalue weighted by Crippen LogP contribution is 2.13. The van der Waals surface area contributed by atoms with Crippen molar-refractivity contribution in [2.75, 3.05) is 7.11 Å². The third-order valence-electron chi connectivity index (χ3n) is 2.69. The average molecular weight is 294 g/mol. The average Bonchev–Trinajstić information content (AvgIpc) is 2.98. The smallest absolute Gasteiger partial charge is 0.337 e. The summed E-state index contributed by atoms with van der Waals surface area (Å²) in [4.78, 5) is 14.3. The number of carbonyl (C=O) groups excluding carboxylic acids is 1. The second-order valence-electron chi connectivity index (χ2n) is 4.06. The molecule has 0 aliphatic heterocycles. The predicted molar refractivity (Wildman–Crippen MR) is 72.6 cm³/mol. The fourth-order valence-corrected chi connectivity index (χ4v) is 2.70. The lowest BCUT2D eigenvalue weighted by molar-refractivity contribution is 0.0600. The highest BCUT2D eigenvalue weighted by atomic mass is 32.2. The largest absolute Gasteiger partial charge is 0.465 e. The number of carbonyl (C=O) groups is 1. The first kappa shape index (κ1) is 14.3. The summed E-state index contributed by atoms with van der Waals surface area (Å²) in [6, 6.07) is 7.47. The van der Waals surface area contributed by atoms with E-state index in [-0.39, 0.29) is 17.0 Å². The van der Waals surface area contributed by atoms with Crippen LogP contribution in [0.1, 0.15) is 15.9 Å². The Morgan fingerprint density at radius 1 is 1.35 bits per heavy atom. The fourth-order valence-electron chi connectivity index (χ4n) is 1.64. The number of esters is 1. The van der Waals surface area contributed by atoms with Crippen LogP contribution in [-0.2, 0) is 21.3 Å². The van der Waals surface area contributed by atoms with Gasteiger partial charge in [0.2, 0.25) is 10.0 Å². The van der Waals surface area contributed by atoms with Crippen molar-refractivity contribution in [3.8, 4) is 0 Å². The molecule has 1 aromatic carbocycles. The molecule has 0 atom stereocenters. The van der Waals surface area contributed by atoms with E-state index < -0.39 is 16.0 Å². The van der Waals surface area contributed by atoms with Crippen molar-refractivity contribution < 1.29 is 17.9 Å². The van der Waals surface area contributed by atoms with Crippen LogP contribution in [0.4, 0.5) is 0 Å². The molecule has 0 saturated heterocycles. The van der Waals surface area contributed by atoms with E-state index in [0.29, 0.717) is 0 Å². The van der Waals surface area contributed by atoms with E-state index in [2.05, 4.69) is 14.4 Å². The molecule has 0 bridgehead atoms. The van der Waals surface area contributed by atoms with E-state index >= 15 is 0 Å². The minimum absolute atomic E-state index is 0.0240. The Bertz CT molecular complexity index is 693. The first-order valence-electron chi connectivity index (χ1n) is 5.82. The molecule has 20 heavy (non-hydrogen) atoms. The van der Waals surface area contributed by atoms with Gasteiger partial charge < -0.3 is 9.72 Å². The van der Waals surface area contributed by atoms with Crippen LogP contribution in [0.25, 0.3) is 0 Å². The summed E-state index contributed by atoms with van der Waals surface area (Å²) < 4.78 is 31.3. The van der Waals surface area contributed by atoms with E-state index in [1.165, 1.54) is 31.4 Å². The van der Waals surface area contributed by atoms with Gasteiger partial charge in [-0.1, -0.05) is 6.07 Å². The first-order valence-corrected chi connectivity index (χ1v) is 7.31. The van der Waals surface area contributed by atoms with Gasteiger partial charge in [-0.2, -0.15) is 0 Å². The van der Waals surface area contributed by atoms with Crippen LogP contribution in [0.2, 0.25) is 0 Å². The molecular weight excluding hydrogens is 280 g/mol. The monoisotopic (exact) mass is 294 g/mol. The molecular formula is C13H14N2O4S. The van der Waals surface area contributed by atoms with Gasteiger partial charge in [-0.05, 0) is 29.8 Å². The molecule has 0 radical (unpaired) electrons. The van der Waals surface area contributed by atoms with Crippen LogP contribution >= 0.6 is 0 Å². The second kappa shape index (κ2) is 5.89. The number of methoxy groups -OCH3 is 1. The summed E-state index contributed by atoms with van der Waals surface area (Å²) in [6.45, 7) is 0.175. The number of hydrogen-bond acceptors (Lipinski definition) is 4. The van der Waals surface area contributed by atoms with E-state index in [9.17, 15) is 13.2 Å². The maximum atomic E-state index is 12.1. The number of aromatic amines is 1. The Morgan fingerprint density at radius 2 is 2.15 bits per heavy atom. The summed E-state index contributed by atoms with van der Waals surface area (Å²) >= 11 is 0. The Morgan fingerprint density at radius 3 is 2.80 bits per heavy atom. The summed E-state index contributed by atoms with van der Waals surface area (Å²) in [5.41, 5.74) is 1.01. The maximum absolute atomic E-state index is 12.1. The zero-order valence-electron chi connectivity index (χ0n) is 10.8. The van der Waals surface area contributed by atoms with Crippen molar-refractivity contribution in [2.24, 2.45) is 0 Å². The third-order valence-corrected chi connectivity index (χ3v) is 4.09. The van der Waals surface area contributed by atoms with Crippen molar-refractivity contribution >= 4 is 16.0 Å². The number of benzene rings is 1. The number of hydrogen-bond donors (Lipinski definition) is 2.